The summed E-state index contributed by atoms with van der Waals surface area (Å²) >= 11 is 0. The molecule has 0 spiro atoms. The molecule has 0 aromatic heterocycles. The Balaban J connectivity index is 0.000000418. The normalized spacial score (nSPS) is 22.4. The zero-order valence-corrected chi connectivity index (χ0v) is 38.2. The number of halogens is 1. The number of carbonyl (C=O) groups excluding carboxylic acids is 5. The number of benzene rings is 2. The summed E-state index contributed by atoms with van der Waals surface area (Å²) < 4.78 is 16.6. The van der Waals surface area contributed by atoms with Crippen molar-refractivity contribution in [1.29, 1.82) is 0 Å². The lowest BCUT2D eigenvalue weighted by atomic mass is 9.70. The van der Waals surface area contributed by atoms with Crippen molar-refractivity contribution in [3.8, 4) is 0 Å². The van der Waals surface area contributed by atoms with Gasteiger partial charge in [-0.15, -0.1) is 12.4 Å². The van der Waals surface area contributed by atoms with Crippen LogP contribution in [-0.4, -0.2) is 61.8 Å². The van der Waals surface area contributed by atoms with E-state index in [1.165, 1.54) is 6.42 Å². The summed E-state index contributed by atoms with van der Waals surface area (Å²) in [6.45, 7) is 18.2. The zero-order valence-electron chi connectivity index (χ0n) is 37.4. The number of hydrogen-bond acceptors (Lipinski definition) is 9. The van der Waals surface area contributed by atoms with Crippen LogP contribution < -0.4 is 21.7 Å². The van der Waals surface area contributed by atoms with Gasteiger partial charge in [0.25, 0.3) is 0 Å². The summed E-state index contributed by atoms with van der Waals surface area (Å²) in [4.78, 5) is 61.9. The average Bonchev–Trinajstić information content (AvgIpc) is 3.19. The lowest BCUT2D eigenvalue weighted by molar-refractivity contribution is -0.155. The van der Waals surface area contributed by atoms with Crippen molar-refractivity contribution in [2.75, 3.05) is 26.3 Å². The molecule has 12 nitrogen and oxygen atoms in total. The molecule has 5 N–H and O–H groups in total. The second-order valence-corrected chi connectivity index (χ2v) is 18.2. The number of hydrogen-bond donors (Lipinski definition) is 4. The molecular formula is C47H73ClN4O8. The predicted molar refractivity (Wildman–Crippen MR) is 237 cm³/mol. The van der Waals surface area contributed by atoms with E-state index in [0.717, 1.165) is 43.2 Å². The van der Waals surface area contributed by atoms with E-state index in [1.807, 2.05) is 60.7 Å². The molecule has 2 aromatic carbocycles. The third-order valence-electron chi connectivity index (χ3n) is 11.5. The summed E-state index contributed by atoms with van der Waals surface area (Å²) in [5, 5.41) is 8.16. The van der Waals surface area contributed by atoms with E-state index in [2.05, 4.69) is 57.5 Å². The van der Waals surface area contributed by atoms with Crippen molar-refractivity contribution in [2.45, 2.75) is 119 Å². The Morgan fingerprint density at radius 1 is 0.667 bits per heavy atom. The molecule has 60 heavy (non-hydrogen) atoms. The van der Waals surface area contributed by atoms with Crippen molar-refractivity contribution in [1.82, 2.24) is 16.0 Å². The third kappa shape index (κ3) is 17.8. The maximum atomic E-state index is 13.0. The minimum atomic E-state index is -0.661. The molecule has 0 bridgehead atoms. The van der Waals surface area contributed by atoms with Crippen molar-refractivity contribution >= 4 is 42.3 Å². The number of nitrogens with two attached hydrogens (primary N) is 1. The first-order valence-corrected chi connectivity index (χ1v) is 21.6. The fourth-order valence-corrected chi connectivity index (χ4v) is 8.27. The summed E-state index contributed by atoms with van der Waals surface area (Å²) in [5.74, 6) is 1.45. The molecule has 13 heteroatoms. The maximum absolute atomic E-state index is 13.0. The Bertz CT molecular complexity index is 1620. The molecule has 2 aromatic rings. The number of carbonyl (C=O) groups is 5. The van der Waals surface area contributed by atoms with Crippen LogP contribution in [-0.2, 0) is 33.4 Å². The largest absolute Gasteiger partial charge is 0.463 e. The Morgan fingerprint density at radius 2 is 1.07 bits per heavy atom. The van der Waals surface area contributed by atoms with Crippen LogP contribution in [0, 0.1) is 47.3 Å². The predicted octanol–water partition coefficient (Wildman–Crippen LogP) is 8.10. The number of rotatable bonds is 15. The Kier molecular flexibility index (Phi) is 22.2. The highest BCUT2D eigenvalue weighted by molar-refractivity contribution is 5.85. The molecule has 336 valence electrons. The monoisotopic (exact) mass is 857 g/mol. The van der Waals surface area contributed by atoms with Crippen LogP contribution in [0.25, 0.3) is 0 Å². The maximum Gasteiger partial charge on any atom is 0.408 e. The molecule has 4 rings (SSSR count). The van der Waals surface area contributed by atoms with Gasteiger partial charge in [-0.05, 0) is 93.1 Å². The third-order valence-corrected chi connectivity index (χ3v) is 11.5. The van der Waals surface area contributed by atoms with Gasteiger partial charge in [-0.2, -0.15) is 0 Å². The van der Waals surface area contributed by atoms with Gasteiger partial charge in [0.15, 0.2) is 0 Å². The van der Waals surface area contributed by atoms with Gasteiger partial charge >= 0.3 is 18.0 Å². The lowest BCUT2D eigenvalue weighted by Crippen LogP contribution is -2.42. The van der Waals surface area contributed by atoms with Crippen LogP contribution in [0.2, 0.25) is 0 Å². The minimum Gasteiger partial charge on any atom is -0.463 e. The molecule has 2 fully saturated rings. The second kappa shape index (κ2) is 25.6. The number of ether oxygens (including phenoxy) is 3. The van der Waals surface area contributed by atoms with Gasteiger partial charge in [-0.25, -0.2) is 4.79 Å². The summed E-state index contributed by atoms with van der Waals surface area (Å²) in [6.07, 6.45) is 5.48. The molecule has 2 aliphatic rings. The number of alkyl carbamates (subject to hydrolysis) is 1. The van der Waals surface area contributed by atoms with E-state index in [9.17, 15) is 24.0 Å². The van der Waals surface area contributed by atoms with E-state index in [1.54, 1.807) is 20.8 Å². The molecule has 0 unspecified atom stereocenters. The molecule has 2 aliphatic carbocycles. The minimum absolute atomic E-state index is 0. The van der Waals surface area contributed by atoms with Gasteiger partial charge in [-0.1, -0.05) is 115 Å². The molecule has 0 saturated heterocycles. The Hall–Kier alpha value is -4.16. The van der Waals surface area contributed by atoms with E-state index < -0.39 is 23.6 Å². The van der Waals surface area contributed by atoms with Crippen LogP contribution in [0.4, 0.5) is 4.79 Å². The molecule has 0 heterocycles. The first-order valence-electron chi connectivity index (χ1n) is 21.6. The van der Waals surface area contributed by atoms with E-state index in [-0.39, 0.29) is 74.4 Å². The highest BCUT2D eigenvalue weighted by Gasteiger charge is 2.38. The summed E-state index contributed by atoms with van der Waals surface area (Å²) in [5.41, 5.74) is 6.50. The van der Waals surface area contributed by atoms with Crippen LogP contribution >= 0.6 is 12.4 Å². The molecule has 8 atom stereocenters. The van der Waals surface area contributed by atoms with Gasteiger partial charge in [0, 0.05) is 0 Å². The highest BCUT2D eigenvalue weighted by Crippen LogP contribution is 2.40. The SMILES string of the molecule is CC(C)[C@@H]1CC[C@@H](C)C[C@H]1C(=O)OC[C@H](NC(=O)CN)c1ccccc1.CC(C)[C@@H]1CC[C@@H](C)C[C@H]1C(=O)OC[C@H](NC(=O)CNC(=O)OC(C)(C)C)c1ccccc1.Cl. The highest BCUT2D eigenvalue weighted by atomic mass is 35.5. The molecule has 2 saturated carbocycles. The van der Waals surface area contributed by atoms with Crippen LogP contribution in [0.1, 0.15) is 124 Å². The first kappa shape index (κ1) is 52.0. The Morgan fingerprint density at radius 3 is 1.43 bits per heavy atom. The van der Waals surface area contributed by atoms with Crippen LogP contribution in [0.15, 0.2) is 60.7 Å². The van der Waals surface area contributed by atoms with Gasteiger partial charge in [0.2, 0.25) is 11.8 Å². The smallest absolute Gasteiger partial charge is 0.408 e. The quantitative estimate of drug-likeness (QED) is 0.102. The molecular weight excluding hydrogens is 784 g/mol. The van der Waals surface area contributed by atoms with E-state index in [0.29, 0.717) is 35.5 Å². The van der Waals surface area contributed by atoms with Gasteiger partial charge in [0.05, 0.1) is 30.5 Å². The second-order valence-electron chi connectivity index (χ2n) is 18.2. The topological polar surface area (TPSA) is 175 Å². The van der Waals surface area contributed by atoms with E-state index >= 15 is 0 Å². The van der Waals surface area contributed by atoms with Crippen molar-refractivity contribution in [3.05, 3.63) is 71.8 Å². The first-order chi connectivity index (χ1) is 27.9. The fourth-order valence-electron chi connectivity index (χ4n) is 8.27. The lowest BCUT2D eigenvalue weighted by Gasteiger charge is -2.36. The number of amides is 3. The zero-order chi connectivity index (χ0) is 43.7. The number of nitrogens with one attached hydrogen (secondary N) is 3. The molecule has 3 amide bonds. The van der Waals surface area contributed by atoms with Crippen molar-refractivity contribution < 1.29 is 38.2 Å². The summed E-state index contributed by atoms with van der Waals surface area (Å²) in [7, 11) is 0. The average molecular weight is 858 g/mol. The molecule has 0 aliphatic heterocycles. The van der Waals surface area contributed by atoms with Gasteiger partial charge < -0.3 is 35.9 Å². The van der Waals surface area contributed by atoms with Crippen molar-refractivity contribution in [3.63, 3.8) is 0 Å². The standard InChI is InChI=1S/C26H40N2O5.C21H32N2O3.ClH/c1-17(2)20-13-12-18(3)14-21(20)24(30)32-16-22(19-10-8-7-9-11-19)28-23(29)15-27-25(31)33-26(4,5)6;1-14(2)17-10-9-15(3)11-18(17)21(25)26-13-19(23-20(24)12-22)16-7-5-4-6-8-16;/h7-11,17-18,20-22H,12-16H2,1-6H3,(H,27,31)(H,28,29);4-8,14-15,17-19H,9-13,22H2,1-3H3,(H,23,24);1H/t18-,20+,21-,22+;15-,17+,18-,19+;/m11./s1. The van der Waals surface area contributed by atoms with Crippen LogP contribution in [0.5, 0.6) is 0 Å². The Labute approximate surface area is 365 Å². The van der Waals surface area contributed by atoms with Gasteiger partial charge in [0.1, 0.15) is 25.4 Å². The van der Waals surface area contributed by atoms with Gasteiger partial charge in [-0.3, -0.25) is 19.2 Å². The fraction of sp³-hybridized carbons (Fsp3) is 0.638. The summed E-state index contributed by atoms with van der Waals surface area (Å²) in [6, 6.07) is 18.0. The van der Waals surface area contributed by atoms with Crippen LogP contribution in [0.3, 0.4) is 0 Å². The van der Waals surface area contributed by atoms with E-state index in [4.69, 9.17) is 19.9 Å². The number of esters is 2. The van der Waals surface area contributed by atoms with Crippen molar-refractivity contribution in [2.24, 2.45) is 53.1 Å². The molecule has 0 radical (unpaired) electrons.